The molecule has 4 heteroatoms. The molecule has 1 aromatic rings. The molecule has 0 bridgehead atoms. The van der Waals surface area contributed by atoms with Gasteiger partial charge < -0.3 is 5.32 Å². The van der Waals surface area contributed by atoms with Crippen molar-refractivity contribution in [3.63, 3.8) is 0 Å². The molecule has 0 aliphatic heterocycles. The lowest BCUT2D eigenvalue weighted by atomic mass is 10.0. The van der Waals surface area contributed by atoms with Crippen molar-refractivity contribution in [1.29, 1.82) is 0 Å². The minimum absolute atomic E-state index is 0.267. The van der Waals surface area contributed by atoms with Gasteiger partial charge in [0.1, 0.15) is 5.82 Å². The first kappa shape index (κ1) is 10.9. The van der Waals surface area contributed by atoms with E-state index in [0.29, 0.717) is 0 Å². The van der Waals surface area contributed by atoms with Crippen LogP contribution in [0.5, 0.6) is 0 Å². The monoisotopic (exact) mass is 225 g/mol. The molecule has 84 valence electrons. The summed E-state index contributed by atoms with van der Waals surface area (Å²) in [6.45, 7) is 4.45. The molecular weight excluding hydrogens is 206 g/mol. The Hall–Kier alpha value is -0.640. The van der Waals surface area contributed by atoms with Gasteiger partial charge in [-0.15, -0.1) is 0 Å². The molecule has 1 aliphatic rings. The summed E-state index contributed by atoms with van der Waals surface area (Å²) in [7, 11) is 0. The van der Waals surface area contributed by atoms with E-state index in [0.717, 1.165) is 23.8 Å². The Bertz CT molecular complexity index is 315. The van der Waals surface area contributed by atoms with Gasteiger partial charge in [0.05, 0.1) is 0 Å². The van der Waals surface area contributed by atoms with E-state index >= 15 is 0 Å². The van der Waals surface area contributed by atoms with Gasteiger partial charge in [-0.05, 0) is 26.2 Å². The maximum Gasteiger partial charge on any atom is 0.202 e. The van der Waals surface area contributed by atoms with Crippen molar-refractivity contribution in [2.24, 2.45) is 0 Å². The third-order valence-electron chi connectivity index (χ3n) is 3.06. The van der Waals surface area contributed by atoms with Crippen LogP contribution in [-0.2, 0) is 6.42 Å². The Morgan fingerprint density at radius 1 is 1.40 bits per heavy atom. The van der Waals surface area contributed by atoms with Crippen molar-refractivity contribution < 1.29 is 0 Å². The number of anilines is 1. The molecule has 1 heterocycles. The topological polar surface area (TPSA) is 37.8 Å². The summed E-state index contributed by atoms with van der Waals surface area (Å²) < 4.78 is 4.35. The van der Waals surface area contributed by atoms with Crippen molar-refractivity contribution in [2.45, 2.75) is 57.9 Å². The SMILES string of the molecule is CCCc1nsc(NC2(C)CCCC2)n1. The van der Waals surface area contributed by atoms with Gasteiger partial charge in [-0.25, -0.2) is 4.98 Å². The molecule has 0 amide bonds. The van der Waals surface area contributed by atoms with Crippen LogP contribution in [-0.4, -0.2) is 14.9 Å². The lowest BCUT2D eigenvalue weighted by Crippen LogP contribution is -2.30. The van der Waals surface area contributed by atoms with Crippen LogP contribution in [0, 0.1) is 0 Å². The predicted octanol–water partition coefficient (Wildman–Crippen LogP) is 3.24. The number of aryl methyl sites for hydroxylation is 1. The van der Waals surface area contributed by atoms with Gasteiger partial charge in [0, 0.05) is 23.5 Å². The van der Waals surface area contributed by atoms with Crippen LogP contribution in [0.3, 0.4) is 0 Å². The summed E-state index contributed by atoms with van der Waals surface area (Å²) in [6, 6.07) is 0. The number of aromatic nitrogens is 2. The standard InChI is InChI=1S/C11H19N3S/c1-3-6-9-12-10(15-14-9)13-11(2)7-4-5-8-11/h3-8H2,1-2H3,(H,12,13,14). The highest BCUT2D eigenvalue weighted by atomic mass is 32.1. The number of hydrogen-bond acceptors (Lipinski definition) is 4. The van der Waals surface area contributed by atoms with Crippen molar-refractivity contribution >= 4 is 16.7 Å². The third-order valence-corrected chi connectivity index (χ3v) is 3.73. The number of nitrogens with one attached hydrogen (secondary N) is 1. The van der Waals surface area contributed by atoms with Crippen molar-refractivity contribution in [3.8, 4) is 0 Å². The fourth-order valence-electron chi connectivity index (χ4n) is 2.17. The van der Waals surface area contributed by atoms with Crippen LogP contribution in [0.1, 0.15) is 51.8 Å². The van der Waals surface area contributed by atoms with E-state index in [1.165, 1.54) is 37.2 Å². The van der Waals surface area contributed by atoms with Gasteiger partial charge in [0.15, 0.2) is 0 Å². The quantitative estimate of drug-likeness (QED) is 0.855. The molecule has 1 fully saturated rings. The van der Waals surface area contributed by atoms with Crippen LogP contribution >= 0.6 is 11.5 Å². The van der Waals surface area contributed by atoms with Gasteiger partial charge in [-0.3, -0.25) is 0 Å². The zero-order valence-corrected chi connectivity index (χ0v) is 10.4. The summed E-state index contributed by atoms with van der Waals surface area (Å²) in [5, 5.41) is 4.54. The molecule has 0 unspecified atom stereocenters. The summed E-state index contributed by atoms with van der Waals surface area (Å²) in [4.78, 5) is 4.50. The van der Waals surface area contributed by atoms with E-state index in [9.17, 15) is 0 Å². The van der Waals surface area contributed by atoms with Crippen molar-refractivity contribution in [1.82, 2.24) is 9.36 Å². The first-order chi connectivity index (χ1) is 7.22. The van der Waals surface area contributed by atoms with Gasteiger partial charge in [0.2, 0.25) is 5.13 Å². The largest absolute Gasteiger partial charge is 0.355 e. The molecule has 0 spiro atoms. The van der Waals surface area contributed by atoms with E-state index < -0.39 is 0 Å². The van der Waals surface area contributed by atoms with E-state index in [2.05, 4.69) is 28.5 Å². The molecule has 15 heavy (non-hydrogen) atoms. The van der Waals surface area contributed by atoms with Crippen molar-refractivity contribution in [3.05, 3.63) is 5.82 Å². The van der Waals surface area contributed by atoms with Gasteiger partial charge in [0.25, 0.3) is 0 Å². The average Bonchev–Trinajstić information content (AvgIpc) is 2.77. The van der Waals surface area contributed by atoms with Crippen LogP contribution in [0.25, 0.3) is 0 Å². The molecule has 0 saturated heterocycles. The molecule has 1 aromatic heterocycles. The van der Waals surface area contributed by atoms with Gasteiger partial charge in [-0.1, -0.05) is 19.8 Å². The van der Waals surface area contributed by atoms with E-state index in [4.69, 9.17) is 0 Å². The molecule has 2 rings (SSSR count). The minimum atomic E-state index is 0.267. The first-order valence-corrected chi connectivity index (χ1v) is 6.60. The Morgan fingerprint density at radius 2 is 2.13 bits per heavy atom. The van der Waals surface area contributed by atoms with Gasteiger partial charge >= 0.3 is 0 Å². The predicted molar refractivity (Wildman–Crippen MR) is 64.4 cm³/mol. The Balaban J connectivity index is 1.97. The number of hydrogen-bond donors (Lipinski definition) is 1. The second-order valence-corrected chi connectivity index (χ2v) is 5.41. The maximum absolute atomic E-state index is 4.50. The van der Waals surface area contributed by atoms with Crippen LogP contribution in [0.15, 0.2) is 0 Å². The smallest absolute Gasteiger partial charge is 0.202 e. The Morgan fingerprint density at radius 3 is 2.80 bits per heavy atom. The normalized spacial score (nSPS) is 19.3. The number of nitrogens with zero attached hydrogens (tertiary/aromatic N) is 2. The highest BCUT2D eigenvalue weighted by Crippen LogP contribution is 2.32. The first-order valence-electron chi connectivity index (χ1n) is 5.83. The fraction of sp³-hybridized carbons (Fsp3) is 0.818. The summed E-state index contributed by atoms with van der Waals surface area (Å²) in [6.07, 6.45) is 7.31. The molecule has 0 radical (unpaired) electrons. The summed E-state index contributed by atoms with van der Waals surface area (Å²) in [5.41, 5.74) is 0.267. The molecule has 0 atom stereocenters. The molecular formula is C11H19N3S. The summed E-state index contributed by atoms with van der Waals surface area (Å²) >= 11 is 1.50. The van der Waals surface area contributed by atoms with Crippen LogP contribution in [0.2, 0.25) is 0 Å². The molecule has 3 nitrogen and oxygen atoms in total. The highest BCUT2D eigenvalue weighted by molar-refractivity contribution is 7.09. The molecule has 0 aromatic carbocycles. The Labute approximate surface area is 95.5 Å². The van der Waals surface area contributed by atoms with Crippen LogP contribution < -0.4 is 5.32 Å². The van der Waals surface area contributed by atoms with Crippen molar-refractivity contribution in [2.75, 3.05) is 5.32 Å². The lowest BCUT2D eigenvalue weighted by molar-refractivity contribution is 0.532. The zero-order valence-electron chi connectivity index (χ0n) is 9.55. The van der Waals surface area contributed by atoms with Gasteiger partial charge in [-0.2, -0.15) is 4.37 Å². The minimum Gasteiger partial charge on any atom is -0.355 e. The number of rotatable bonds is 4. The highest BCUT2D eigenvalue weighted by Gasteiger charge is 2.29. The Kier molecular flexibility index (Phi) is 3.24. The maximum atomic E-state index is 4.50. The van der Waals surface area contributed by atoms with E-state index in [1.807, 2.05) is 0 Å². The molecule has 1 aliphatic carbocycles. The fourth-order valence-corrected chi connectivity index (χ4v) is 2.93. The van der Waals surface area contributed by atoms with E-state index in [-0.39, 0.29) is 5.54 Å². The second kappa shape index (κ2) is 4.47. The average molecular weight is 225 g/mol. The van der Waals surface area contributed by atoms with E-state index in [1.54, 1.807) is 0 Å². The molecule has 1 N–H and O–H groups in total. The van der Waals surface area contributed by atoms with Crippen LogP contribution in [0.4, 0.5) is 5.13 Å². The summed E-state index contributed by atoms with van der Waals surface area (Å²) in [5.74, 6) is 0.992. The third kappa shape index (κ3) is 2.68. The molecule has 1 saturated carbocycles. The zero-order chi connectivity index (χ0) is 10.7. The second-order valence-electron chi connectivity index (χ2n) is 4.66. The lowest BCUT2D eigenvalue weighted by Gasteiger charge is -2.24.